The zero-order valence-corrected chi connectivity index (χ0v) is 10.2. The molecule has 1 aromatic carbocycles. The fourth-order valence-electron chi connectivity index (χ4n) is 2.21. The zero-order chi connectivity index (χ0) is 13.1. The maximum absolute atomic E-state index is 11.9. The molecule has 0 aliphatic carbocycles. The Morgan fingerprint density at radius 1 is 1.39 bits per heavy atom. The number of nitrogens with one attached hydrogen (secondary N) is 1. The molecule has 0 saturated heterocycles. The van der Waals surface area contributed by atoms with Gasteiger partial charge in [0.2, 0.25) is 0 Å². The highest BCUT2D eigenvalue weighted by Crippen LogP contribution is 2.23. The normalized spacial score (nSPS) is 18.1. The highest BCUT2D eigenvalue weighted by Gasteiger charge is 2.34. The first-order valence-corrected chi connectivity index (χ1v) is 5.97. The van der Waals surface area contributed by atoms with Gasteiger partial charge in [-0.25, -0.2) is 9.59 Å². The largest absolute Gasteiger partial charge is 0.480 e. The Hall–Kier alpha value is -2.04. The van der Waals surface area contributed by atoms with Crippen molar-refractivity contribution in [3.8, 4) is 0 Å². The van der Waals surface area contributed by atoms with E-state index >= 15 is 0 Å². The van der Waals surface area contributed by atoms with Gasteiger partial charge in [0.05, 0.1) is 0 Å². The van der Waals surface area contributed by atoms with Gasteiger partial charge < -0.3 is 15.3 Å². The maximum atomic E-state index is 11.9. The lowest BCUT2D eigenvalue weighted by Gasteiger charge is -2.34. The van der Waals surface area contributed by atoms with Gasteiger partial charge in [0, 0.05) is 19.5 Å². The van der Waals surface area contributed by atoms with E-state index in [9.17, 15) is 14.7 Å². The number of amides is 2. The molecular formula is C13H16N2O3. The van der Waals surface area contributed by atoms with Gasteiger partial charge in [0.25, 0.3) is 0 Å². The summed E-state index contributed by atoms with van der Waals surface area (Å²) in [6.45, 7) is 2.65. The molecule has 0 bridgehead atoms. The second kappa shape index (κ2) is 5.08. The molecule has 1 aliphatic rings. The fourth-order valence-corrected chi connectivity index (χ4v) is 2.21. The summed E-state index contributed by atoms with van der Waals surface area (Å²) in [6, 6.07) is 6.53. The smallest absolute Gasteiger partial charge is 0.326 e. The van der Waals surface area contributed by atoms with E-state index in [0.717, 1.165) is 11.1 Å². The van der Waals surface area contributed by atoms with Gasteiger partial charge in [0.15, 0.2) is 0 Å². The van der Waals surface area contributed by atoms with Gasteiger partial charge >= 0.3 is 12.0 Å². The van der Waals surface area contributed by atoms with Crippen molar-refractivity contribution in [2.45, 2.75) is 25.9 Å². The van der Waals surface area contributed by atoms with Crippen molar-refractivity contribution in [3.05, 3.63) is 35.4 Å². The van der Waals surface area contributed by atoms with Crippen molar-refractivity contribution < 1.29 is 14.7 Å². The first kappa shape index (κ1) is 12.4. The van der Waals surface area contributed by atoms with Crippen molar-refractivity contribution in [2.24, 2.45) is 0 Å². The van der Waals surface area contributed by atoms with Gasteiger partial charge in [-0.15, -0.1) is 0 Å². The molecule has 96 valence electrons. The van der Waals surface area contributed by atoms with Gasteiger partial charge in [-0.1, -0.05) is 24.3 Å². The summed E-state index contributed by atoms with van der Waals surface area (Å²) in [6.07, 6.45) is 0.364. The van der Waals surface area contributed by atoms with Crippen LogP contribution in [0, 0.1) is 0 Å². The number of aliphatic carboxylic acids is 1. The molecule has 0 aromatic heterocycles. The van der Waals surface area contributed by atoms with Crippen LogP contribution < -0.4 is 5.32 Å². The average molecular weight is 248 g/mol. The number of benzene rings is 1. The number of carboxylic acids is 1. The van der Waals surface area contributed by atoms with Crippen molar-refractivity contribution >= 4 is 12.0 Å². The second-order valence-corrected chi connectivity index (χ2v) is 4.29. The third kappa shape index (κ3) is 2.30. The molecule has 1 unspecified atom stereocenters. The lowest BCUT2D eigenvalue weighted by Crippen LogP contribution is -2.52. The average Bonchev–Trinajstić information content (AvgIpc) is 2.37. The van der Waals surface area contributed by atoms with Gasteiger partial charge in [-0.05, 0) is 18.1 Å². The van der Waals surface area contributed by atoms with Crippen LogP contribution in [0.25, 0.3) is 0 Å². The number of hydrogen-bond donors (Lipinski definition) is 2. The monoisotopic (exact) mass is 248 g/mol. The molecule has 1 heterocycles. The Labute approximate surface area is 105 Å². The minimum absolute atomic E-state index is 0.320. The molecule has 2 N–H and O–H groups in total. The SMILES string of the molecule is CCNC(=O)N1Cc2ccccc2CC1C(=O)O. The quantitative estimate of drug-likeness (QED) is 0.827. The predicted molar refractivity (Wildman–Crippen MR) is 66.2 cm³/mol. The molecule has 0 spiro atoms. The Morgan fingerprint density at radius 2 is 2.06 bits per heavy atom. The van der Waals surface area contributed by atoms with Crippen LogP contribution >= 0.6 is 0 Å². The third-order valence-corrected chi connectivity index (χ3v) is 3.12. The van der Waals surface area contributed by atoms with Crippen molar-refractivity contribution in [1.82, 2.24) is 10.2 Å². The van der Waals surface area contributed by atoms with Gasteiger partial charge in [0.1, 0.15) is 6.04 Å². The number of rotatable bonds is 2. The zero-order valence-electron chi connectivity index (χ0n) is 10.2. The molecule has 2 amide bonds. The van der Waals surface area contributed by atoms with Gasteiger partial charge in [-0.3, -0.25) is 0 Å². The number of fused-ring (bicyclic) bond motifs is 1. The van der Waals surface area contributed by atoms with E-state index in [0.29, 0.717) is 19.5 Å². The summed E-state index contributed by atoms with van der Waals surface area (Å²) in [5.74, 6) is -0.962. The van der Waals surface area contributed by atoms with Crippen molar-refractivity contribution in [1.29, 1.82) is 0 Å². The van der Waals surface area contributed by atoms with Crippen LogP contribution in [0.5, 0.6) is 0 Å². The first-order chi connectivity index (χ1) is 8.63. The fraction of sp³-hybridized carbons (Fsp3) is 0.385. The van der Waals surface area contributed by atoms with Gasteiger partial charge in [-0.2, -0.15) is 0 Å². The number of nitrogens with zero attached hydrogens (tertiary/aromatic N) is 1. The van der Waals surface area contributed by atoms with Crippen LogP contribution in [0.3, 0.4) is 0 Å². The molecule has 0 radical (unpaired) electrons. The van der Waals surface area contributed by atoms with E-state index in [-0.39, 0.29) is 6.03 Å². The standard InChI is InChI=1S/C13H16N2O3/c1-2-14-13(18)15-8-10-6-4-3-5-9(10)7-11(15)12(16)17/h3-6,11H,2,7-8H2,1H3,(H,14,18)(H,16,17). The molecule has 0 fully saturated rings. The highest BCUT2D eigenvalue weighted by atomic mass is 16.4. The van der Waals surface area contributed by atoms with Crippen LogP contribution in [0.1, 0.15) is 18.1 Å². The number of carbonyl (C=O) groups excluding carboxylic acids is 1. The minimum atomic E-state index is -0.962. The lowest BCUT2D eigenvalue weighted by molar-refractivity contribution is -0.142. The van der Waals surface area contributed by atoms with Crippen molar-refractivity contribution in [2.75, 3.05) is 6.54 Å². The Morgan fingerprint density at radius 3 is 2.67 bits per heavy atom. The van der Waals surface area contributed by atoms with Crippen LogP contribution in [-0.4, -0.2) is 34.6 Å². The topological polar surface area (TPSA) is 69.6 Å². The number of carboxylic acid groups (broad SMARTS) is 1. The Kier molecular flexibility index (Phi) is 3.50. The maximum Gasteiger partial charge on any atom is 0.326 e. The highest BCUT2D eigenvalue weighted by molar-refractivity contribution is 5.83. The molecule has 5 heteroatoms. The van der Waals surface area contributed by atoms with E-state index in [4.69, 9.17) is 0 Å². The summed E-state index contributed by atoms with van der Waals surface area (Å²) in [5, 5.41) is 11.9. The van der Waals surface area contributed by atoms with E-state index in [1.54, 1.807) is 0 Å². The van der Waals surface area contributed by atoms with Crippen LogP contribution in [-0.2, 0) is 17.8 Å². The molecule has 5 nitrogen and oxygen atoms in total. The van der Waals surface area contributed by atoms with E-state index < -0.39 is 12.0 Å². The molecule has 18 heavy (non-hydrogen) atoms. The summed E-state index contributed by atoms with van der Waals surface area (Å²) in [7, 11) is 0. The first-order valence-electron chi connectivity index (χ1n) is 5.97. The van der Waals surface area contributed by atoms with Crippen LogP contribution in [0.15, 0.2) is 24.3 Å². The van der Waals surface area contributed by atoms with E-state index in [1.807, 2.05) is 31.2 Å². The second-order valence-electron chi connectivity index (χ2n) is 4.29. The minimum Gasteiger partial charge on any atom is -0.480 e. The summed E-state index contributed by atoms with van der Waals surface area (Å²) >= 11 is 0. The number of urea groups is 1. The van der Waals surface area contributed by atoms with Crippen LogP contribution in [0.4, 0.5) is 4.79 Å². The molecule has 2 rings (SSSR count). The summed E-state index contributed by atoms with van der Waals surface area (Å²) < 4.78 is 0. The summed E-state index contributed by atoms with van der Waals surface area (Å²) in [5.41, 5.74) is 2.02. The van der Waals surface area contributed by atoms with E-state index in [2.05, 4.69) is 5.32 Å². The third-order valence-electron chi connectivity index (χ3n) is 3.12. The predicted octanol–water partition coefficient (Wildman–Crippen LogP) is 1.23. The van der Waals surface area contributed by atoms with Crippen LogP contribution in [0.2, 0.25) is 0 Å². The molecule has 1 aliphatic heterocycles. The Bertz CT molecular complexity index is 473. The summed E-state index contributed by atoms with van der Waals surface area (Å²) in [4.78, 5) is 24.5. The van der Waals surface area contributed by atoms with Crippen molar-refractivity contribution in [3.63, 3.8) is 0 Å². The molecule has 1 atom stereocenters. The van der Waals surface area contributed by atoms with E-state index in [1.165, 1.54) is 4.90 Å². The number of carbonyl (C=O) groups is 2. The Balaban J connectivity index is 2.28. The lowest BCUT2D eigenvalue weighted by atomic mass is 9.94. The molecular weight excluding hydrogens is 232 g/mol. The molecule has 0 saturated carbocycles. The molecule has 1 aromatic rings. The number of hydrogen-bond acceptors (Lipinski definition) is 2.